The third-order valence-corrected chi connectivity index (χ3v) is 3.37. The minimum Gasteiger partial charge on any atom is -0.481 e. The molecule has 0 aliphatic heterocycles. The summed E-state index contributed by atoms with van der Waals surface area (Å²) in [6.07, 6.45) is 0. The topological polar surface area (TPSA) is 98.7 Å². The summed E-state index contributed by atoms with van der Waals surface area (Å²) in [6.45, 7) is 1.81. The van der Waals surface area contributed by atoms with Crippen LogP contribution in [0.1, 0.15) is 6.92 Å². The highest BCUT2D eigenvalue weighted by Crippen LogP contribution is 2.25. The van der Waals surface area contributed by atoms with E-state index >= 15 is 0 Å². The van der Waals surface area contributed by atoms with Gasteiger partial charge >= 0.3 is 5.97 Å². The number of rotatable bonds is 4. The van der Waals surface area contributed by atoms with Gasteiger partial charge in [-0.1, -0.05) is 25.1 Å². The number of aliphatic carboxylic acids is 1. The molecule has 0 saturated carbocycles. The Bertz CT molecular complexity index is 806. The zero-order valence-electron chi connectivity index (χ0n) is 11.6. The number of aromatic nitrogens is 6. The Morgan fingerprint density at radius 2 is 2.14 bits per heavy atom. The number of carbonyl (C=O) groups is 1. The van der Waals surface area contributed by atoms with Crippen LogP contribution in [0.4, 0.5) is 0 Å². The summed E-state index contributed by atoms with van der Waals surface area (Å²) in [5, 5.41) is 25.9. The quantitative estimate of drug-likeness (QED) is 0.766. The van der Waals surface area contributed by atoms with Crippen molar-refractivity contribution in [1.29, 1.82) is 0 Å². The molecular formula is C13H14N6O2. The van der Waals surface area contributed by atoms with E-state index < -0.39 is 11.9 Å². The van der Waals surface area contributed by atoms with E-state index in [1.165, 1.54) is 4.68 Å². The number of carboxylic acids is 1. The Kier molecular flexibility index (Phi) is 3.13. The van der Waals surface area contributed by atoms with Crippen LogP contribution in [0.2, 0.25) is 0 Å². The van der Waals surface area contributed by atoms with Crippen molar-refractivity contribution in [3.63, 3.8) is 0 Å². The monoisotopic (exact) mass is 286 g/mol. The lowest BCUT2D eigenvalue weighted by molar-refractivity contribution is -0.141. The molecule has 108 valence electrons. The van der Waals surface area contributed by atoms with Crippen LogP contribution in [0.5, 0.6) is 0 Å². The standard InChI is InChI=1S/C13H14N6O2/c1-8(13(20)21)7-19-12(14-16-17-19)11-9-5-3-4-6-10(9)18(2)15-11/h3-6,8H,7H2,1-2H3,(H,20,21). The van der Waals surface area contributed by atoms with E-state index in [0.29, 0.717) is 11.5 Å². The molecule has 1 N–H and O–H groups in total. The molecule has 0 fully saturated rings. The second-order valence-corrected chi connectivity index (χ2v) is 4.91. The van der Waals surface area contributed by atoms with Crippen molar-refractivity contribution in [2.75, 3.05) is 0 Å². The first kappa shape index (κ1) is 13.2. The van der Waals surface area contributed by atoms with E-state index in [1.807, 2.05) is 31.3 Å². The van der Waals surface area contributed by atoms with Gasteiger partial charge in [-0.15, -0.1) is 5.10 Å². The molecule has 3 rings (SSSR count). The van der Waals surface area contributed by atoms with Crippen LogP contribution < -0.4 is 0 Å². The van der Waals surface area contributed by atoms with Crippen LogP contribution >= 0.6 is 0 Å². The molecule has 0 spiro atoms. The van der Waals surface area contributed by atoms with Gasteiger partial charge in [-0.2, -0.15) is 5.10 Å². The molecule has 1 aromatic carbocycles. The van der Waals surface area contributed by atoms with E-state index in [-0.39, 0.29) is 6.54 Å². The highest BCUT2D eigenvalue weighted by atomic mass is 16.4. The molecule has 8 heteroatoms. The molecule has 0 aliphatic rings. The van der Waals surface area contributed by atoms with Gasteiger partial charge in [0.1, 0.15) is 5.69 Å². The molecule has 21 heavy (non-hydrogen) atoms. The fourth-order valence-corrected chi connectivity index (χ4v) is 2.21. The number of hydrogen-bond acceptors (Lipinski definition) is 5. The average Bonchev–Trinajstić information content (AvgIpc) is 3.04. The first-order chi connectivity index (χ1) is 10.1. The van der Waals surface area contributed by atoms with Gasteiger partial charge < -0.3 is 5.11 Å². The summed E-state index contributed by atoms with van der Waals surface area (Å²) >= 11 is 0. The first-order valence-corrected chi connectivity index (χ1v) is 6.49. The molecule has 2 aromatic heterocycles. The predicted molar refractivity (Wildman–Crippen MR) is 74.3 cm³/mol. The largest absolute Gasteiger partial charge is 0.481 e. The maximum Gasteiger partial charge on any atom is 0.308 e. The third-order valence-electron chi connectivity index (χ3n) is 3.37. The van der Waals surface area contributed by atoms with Gasteiger partial charge in [0.05, 0.1) is 18.0 Å². The van der Waals surface area contributed by atoms with E-state index in [4.69, 9.17) is 5.11 Å². The number of hydrogen-bond donors (Lipinski definition) is 1. The van der Waals surface area contributed by atoms with Gasteiger partial charge in [-0.3, -0.25) is 9.48 Å². The Morgan fingerprint density at radius 3 is 2.90 bits per heavy atom. The molecule has 1 atom stereocenters. The third kappa shape index (κ3) is 2.24. The van der Waals surface area contributed by atoms with E-state index in [1.54, 1.807) is 11.6 Å². The Balaban J connectivity index is 2.08. The van der Waals surface area contributed by atoms with Crippen LogP contribution in [0.15, 0.2) is 24.3 Å². The van der Waals surface area contributed by atoms with Crippen molar-refractivity contribution < 1.29 is 9.90 Å². The van der Waals surface area contributed by atoms with Gasteiger partial charge in [0.2, 0.25) is 5.82 Å². The van der Waals surface area contributed by atoms with Crippen molar-refractivity contribution in [2.24, 2.45) is 13.0 Å². The van der Waals surface area contributed by atoms with Gasteiger partial charge in [0, 0.05) is 12.4 Å². The van der Waals surface area contributed by atoms with Crippen LogP contribution in [-0.4, -0.2) is 41.1 Å². The summed E-state index contributed by atoms with van der Waals surface area (Å²) in [4.78, 5) is 11.0. The highest BCUT2D eigenvalue weighted by Gasteiger charge is 2.20. The van der Waals surface area contributed by atoms with Crippen LogP contribution in [-0.2, 0) is 18.4 Å². The van der Waals surface area contributed by atoms with Crippen LogP contribution in [0.25, 0.3) is 22.4 Å². The summed E-state index contributed by atoms with van der Waals surface area (Å²) < 4.78 is 3.23. The normalized spacial score (nSPS) is 12.7. The molecule has 3 aromatic rings. The number of tetrazole rings is 1. The molecule has 0 amide bonds. The Morgan fingerprint density at radius 1 is 1.38 bits per heavy atom. The first-order valence-electron chi connectivity index (χ1n) is 6.49. The number of nitrogens with zero attached hydrogens (tertiary/aromatic N) is 6. The SMILES string of the molecule is CC(Cn1nnnc1-c1nn(C)c2ccccc12)C(=O)O. The lowest BCUT2D eigenvalue weighted by Gasteiger charge is -2.06. The fraction of sp³-hybridized carbons (Fsp3) is 0.308. The Hall–Kier alpha value is -2.77. The fourth-order valence-electron chi connectivity index (χ4n) is 2.21. The van der Waals surface area contributed by atoms with Crippen LogP contribution in [0, 0.1) is 5.92 Å². The van der Waals surface area contributed by atoms with E-state index in [2.05, 4.69) is 20.6 Å². The zero-order valence-corrected chi connectivity index (χ0v) is 11.6. The number of fused-ring (bicyclic) bond motifs is 1. The van der Waals surface area contributed by atoms with Crippen molar-refractivity contribution in [2.45, 2.75) is 13.5 Å². The summed E-state index contributed by atoms with van der Waals surface area (Å²) in [5.74, 6) is -0.996. The number of para-hydroxylation sites is 1. The molecule has 2 heterocycles. The molecule has 0 aliphatic carbocycles. The second kappa shape index (κ2) is 4.97. The van der Waals surface area contributed by atoms with Gasteiger partial charge in [0.15, 0.2) is 0 Å². The van der Waals surface area contributed by atoms with Gasteiger partial charge in [-0.25, -0.2) is 4.68 Å². The summed E-state index contributed by atoms with van der Waals surface area (Å²) in [5.41, 5.74) is 1.61. The minimum atomic E-state index is -0.887. The van der Waals surface area contributed by atoms with Crippen molar-refractivity contribution in [3.05, 3.63) is 24.3 Å². The molecule has 8 nitrogen and oxygen atoms in total. The molecular weight excluding hydrogens is 272 g/mol. The zero-order chi connectivity index (χ0) is 15.0. The van der Waals surface area contributed by atoms with Crippen LogP contribution in [0.3, 0.4) is 0 Å². The average molecular weight is 286 g/mol. The van der Waals surface area contributed by atoms with Crippen molar-refractivity contribution in [1.82, 2.24) is 30.0 Å². The van der Waals surface area contributed by atoms with E-state index in [0.717, 1.165) is 10.9 Å². The lowest BCUT2D eigenvalue weighted by atomic mass is 10.2. The van der Waals surface area contributed by atoms with Gasteiger partial charge in [0.25, 0.3) is 0 Å². The number of aryl methyl sites for hydroxylation is 1. The van der Waals surface area contributed by atoms with Crippen molar-refractivity contribution in [3.8, 4) is 11.5 Å². The maximum absolute atomic E-state index is 11.0. The maximum atomic E-state index is 11.0. The molecule has 0 saturated heterocycles. The predicted octanol–water partition coefficient (Wildman–Crippen LogP) is 0.947. The Labute approximate surface area is 120 Å². The number of carboxylic acid groups (broad SMARTS) is 1. The lowest BCUT2D eigenvalue weighted by Crippen LogP contribution is -2.18. The van der Waals surface area contributed by atoms with Crippen molar-refractivity contribution >= 4 is 16.9 Å². The second-order valence-electron chi connectivity index (χ2n) is 4.91. The van der Waals surface area contributed by atoms with Gasteiger partial charge in [-0.05, 0) is 16.5 Å². The molecule has 0 radical (unpaired) electrons. The minimum absolute atomic E-state index is 0.197. The number of benzene rings is 1. The summed E-state index contributed by atoms with van der Waals surface area (Å²) in [6, 6.07) is 7.75. The smallest absolute Gasteiger partial charge is 0.308 e. The highest BCUT2D eigenvalue weighted by molar-refractivity contribution is 5.91. The van der Waals surface area contributed by atoms with E-state index in [9.17, 15) is 4.79 Å². The molecule has 0 bridgehead atoms. The molecule has 1 unspecified atom stereocenters. The summed E-state index contributed by atoms with van der Waals surface area (Å²) in [7, 11) is 1.85.